The van der Waals surface area contributed by atoms with Crippen molar-refractivity contribution < 1.29 is 9.84 Å². The molecule has 0 aromatic heterocycles. The third-order valence-electron chi connectivity index (χ3n) is 2.69. The summed E-state index contributed by atoms with van der Waals surface area (Å²) in [5.74, 6) is 1.30. The molecule has 0 aliphatic heterocycles. The molecule has 0 aliphatic rings. The van der Waals surface area contributed by atoms with Gasteiger partial charge in [0, 0.05) is 6.04 Å². The molecule has 0 fully saturated rings. The predicted molar refractivity (Wildman–Crippen MR) is 65.7 cm³/mol. The molecule has 1 rings (SSSR count). The first-order valence-corrected chi connectivity index (χ1v) is 5.67. The molecule has 0 saturated carbocycles. The number of rotatable bonds is 5. The minimum Gasteiger partial charge on any atom is -0.504 e. The molecule has 1 aromatic carbocycles. The number of hydrogen-bond donors (Lipinski definition) is 2. The van der Waals surface area contributed by atoms with Crippen LogP contribution in [0, 0.1) is 5.92 Å². The van der Waals surface area contributed by atoms with Crippen molar-refractivity contribution in [3.63, 3.8) is 0 Å². The summed E-state index contributed by atoms with van der Waals surface area (Å²) in [6, 6.07) is 5.30. The van der Waals surface area contributed by atoms with Gasteiger partial charge in [-0.1, -0.05) is 19.9 Å². The minimum atomic E-state index is 0.0110. The van der Waals surface area contributed by atoms with Gasteiger partial charge in [-0.2, -0.15) is 0 Å². The molecule has 1 atom stereocenters. The van der Waals surface area contributed by atoms with Gasteiger partial charge >= 0.3 is 0 Å². The third kappa shape index (κ3) is 3.42. The SMILES string of the molecule is COc1cc([C@H](N)CCC(C)C)ccc1O. The van der Waals surface area contributed by atoms with Gasteiger partial charge in [0.2, 0.25) is 0 Å². The molecule has 0 bridgehead atoms. The lowest BCUT2D eigenvalue weighted by atomic mass is 9.98. The van der Waals surface area contributed by atoms with E-state index in [1.54, 1.807) is 19.2 Å². The second-order valence-electron chi connectivity index (χ2n) is 4.51. The average Bonchev–Trinajstić information content (AvgIpc) is 2.26. The standard InChI is InChI=1S/C13H21NO2/c1-9(2)4-6-11(14)10-5-7-12(15)13(8-10)16-3/h5,7-9,11,15H,4,6,14H2,1-3H3/t11-/m1/s1. The molecule has 90 valence electrons. The van der Waals surface area contributed by atoms with Crippen molar-refractivity contribution in [2.24, 2.45) is 11.7 Å². The van der Waals surface area contributed by atoms with Crippen LogP contribution in [0.4, 0.5) is 0 Å². The minimum absolute atomic E-state index is 0.0110. The van der Waals surface area contributed by atoms with E-state index in [2.05, 4.69) is 13.8 Å². The summed E-state index contributed by atoms with van der Waals surface area (Å²) in [6.45, 7) is 4.37. The predicted octanol–water partition coefficient (Wildman–Crippen LogP) is 2.84. The summed E-state index contributed by atoms with van der Waals surface area (Å²) in [4.78, 5) is 0. The quantitative estimate of drug-likeness (QED) is 0.807. The van der Waals surface area contributed by atoms with E-state index >= 15 is 0 Å². The Labute approximate surface area is 97.2 Å². The highest BCUT2D eigenvalue weighted by Crippen LogP contribution is 2.29. The molecule has 0 heterocycles. The van der Waals surface area contributed by atoms with Gasteiger partial charge in [-0.25, -0.2) is 0 Å². The number of aromatic hydroxyl groups is 1. The fourth-order valence-corrected chi connectivity index (χ4v) is 1.60. The highest BCUT2D eigenvalue weighted by atomic mass is 16.5. The number of phenols is 1. The Morgan fingerprint density at radius 2 is 2.00 bits per heavy atom. The molecule has 1 aromatic rings. The van der Waals surface area contributed by atoms with Crippen molar-refractivity contribution in [2.45, 2.75) is 32.7 Å². The maximum Gasteiger partial charge on any atom is 0.160 e. The Balaban J connectivity index is 2.72. The molecule has 0 saturated heterocycles. The van der Waals surface area contributed by atoms with E-state index in [1.165, 1.54) is 0 Å². The van der Waals surface area contributed by atoms with E-state index in [0.717, 1.165) is 18.4 Å². The summed E-state index contributed by atoms with van der Waals surface area (Å²) in [5.41, 5.74) is 7.09. The van der Waals surface area contributed by atoms with Crippen LogP contribution in [0.2, 0.25) is 0 Å². The Morgan fingerprint density at radius 1 is 1.31 bits per heavy atom. The molecular formula is C13H21NO2. The lowest BCUT2D eigenvalue weighted by Crippen LogP contribution is -2.11. The van der Waals surface area contributed by atoms with E-state index < -0.39 is 0 Å². The van der Waals surface area contributed by atoms with Gasteiger partial charge < -0.3 is 15.6 Å². The largest absolute Gasteiger partial charge is 0.504 e. The lowest BCUT2D eigenvalue weighted by Gasteiger charge is -2.14. The average molecular weight is 223 g/mol. The Bertz CT molecular complexity index is 337. The van der Waals surface area contributed by atoms with Crippen LogP contribution in [0.15, 0.2) is 18.2 Å². The molecule has 0 amide bonds. The van der Waals surface area contributed by atoms with E-state index in [0.29, 0.717) is 11.7 Å². The number of methoxy groups -OCH3 is 1. The van der Waals surface area contributed by atoms with E-state index in [9.17, 15) is 5.11 Å². The summed E-state index contributed by atoms with van der Waals surface area (Å²) in [6.07, 6.45) is 2.05. The van der Waals surface area contributed by atoms with E-state index in [-0.39, 0.29) is 11.8 Å². The Kier molecular flexibility index (Phi) is 4.62. The molecule has 0 aliphatic carbocycles. The normalized spacial score (nSPS) is 12.8. The zero-order chi connectivity index (χ0) is 12.1. The van der Waals surface area contributed by atoms with Crippen molar-refractivity contribution >= 4 is 0 Å². The molecule has 3 N–H and O–H groups in total. The number of nitrogens with two attached hydrogens (primary N) is 1. The highest BCUT2D eigenvalue weighted by Gasteiger charge is 2.10. The zero-order valence-electron chi connectivity index (χ0n) is 10.2. The maximum atomic E-state index is 9.47. The number of hydrogen-bond acceptors (Lipinski definition) is 3. The molecule has 16 heavy (non-hydrogen) atoms. The zero-order valence-corrected chi connectivity index (χ0v) is 10.2. The molecule has 3 heteroatoms. The second kappa shape index (κ2) is 5.75. The van der Waals surface area contributed by atoms with Crippen LogP contribution in [0.5, 0.6) is 11.5 Å². The Morgan fingerprint density at radius 3 is 2.56 bits per heavy atom. The number of ether oxygens (including phenoxy) is 1. The summed E-state index contributed by atoms with van der Waals surface area (Å²) >= 11 is 0. The van der Waals surface area contributed by atoms with Crippen molar-refractivity contribution in [1.29, 1.82) is 0 Å². The summed E-state index contributed by atoms with van der Waals surface area (Å²) in [5, 5.41) is 9.47. The third-order valence-corrected chi connectivity index (χ3v) is 2.69. The molecular weight excluding hydrogens is 202 g/mol. The van der Waals surface area contributed by atoms with E-state index in [1.807, 2.05) is 6.07 Å². The van der Waals surface area contributed by atoms with Crippen LogP contribution in [0.1, 0.15) is 38.3 Å². The Hall–Kier alpha value is -1.22. The van der Waals surface area contributed by atoms with Crippen LogP contribution in [0.3, 0.4) is 0 Å². The van der Waals surface area contributed by atoms with Gasteiger partial charge in [0.25, 0.3) is 0 Å². The van der Waals surface area contributed by atoms with Gasteiger partial charge in [-0.05, 0) is 36.5 Å². The molecule has 0 radical (unpaired) electrons. The van der Waals surface area contributed by atoms with Crippen LogP contribution >= 0.6 is 0 Å². The summed E-state index contributed by atoms with van der Waals surface area (Å²) in [7, 11) is 1.54. The van der Waals surface area contributed by atoms with Crippen molar-refractivity contribution in [3.05, 3.63) is 23.8 Å². The maximum absolute atomic E-state index is 9.47. The van der Waals surface area contributed by atoms with Crippen LogP contribution in [0.25, 0.3) is 0 Å². The first kappa shape index (κ1) is 12.8. The number of benzene rings is 1. The molecule has 0 spiro atoms. The first-order valence-electron chi connectivity index (χ1n) is 5.67. The monoisotopic (exact) mass is 223 g/mol. The van der Waals surface area contributed by atoms with Gasteiger partial charge in [-0.15, -0.1) is 0 Å². The second-order valence-corrected chi connectivity index (χ2v) is 4.51. The molecule has 0 unspecified atom stereocenters. The van der Waals surface area contributed by atoms with E-state index in [4.69, 9.17) is 10.5 Å². The lowest BCUT2D eigenvalue weighted by molar-refractivity contribution is 0.372. The highest BCUT2D eigenvalue weighted by molar-refractivity contribution is 5.42. The van der Waals surface area contributed by atoms with Crippen molar-refractivity contribution in [3.8, 4) is 11.5 Å². The number of phenolic OH excluding ortho intramolecular Hbond substituents is 1. The topological polar surface area (TPSA) is 55.5 Å². The van der Waals surface area contributed by atoms with Crippen molar-refractivity contribution in [2.75, 3.05) is 7.11 Å². The van der Waals surface area contributed by atoms with Crippen molar-refractivity contribution in [1.82, 2.24) is 0 Å². The molecule has 3 nitrogen and oxygen atoms in total. The smallest absolute Gasteiger partial charge is 0.160 e. The van der Waals surface area contributed by atoms with Crippen LogP contribution in [-0.2, 0) is 0 Å². The first-order chi connectivity index (χ1) is 7.54. The van der Waals surface area contributed by atoms with Crippen LogP contribution in [-0.4, -0.2) is 12.2 Å². The van der Waals surface area contributed by atoms with Gasteiger partial charge in [0.1, 0.15) is 0 Å². The fourth-order valence-electron chi connectivity index (χ4n) is 1.60. The summed E-state index contributed by atoms with van der Waals surface area (Å²) < 4.78 is 5.06. The van der Waals surface area contributed by atoms with Gasteiger partial charge in [0.05, 0.1) is 7.11 Å². The van der Waals surface area contributed by atoms with Gasteiger partial charge in [-0.3, -0.25) is 0 Å². The fraction of sp³-hybridized carbons (Fsp3) is 0.538. The van der Waals surface area contributed by atoms with Crippen LogP contribution < -0.4 is 10.5 Å². The van der Waals surface area contributed by atoms with Gasteiger partial charge in [0.15, 0.2) is 11.5 Å².